The standard InChI is InChI=1S/C15H12N4S/c1-11(13-8-16-10-17-9-13)19-14-4-2-12(3-5-14)15-18-6-7-20-15/h2-10H,1H3/b19-11+. The predicted octanol–water partition coefficient (Wildman–Crippen LogP) is 3.74. The first-order chi connectivity index (χ1) is 9.83. The van der Waals surface area contributed by atoms with Crippen LogP contribution in [0.2, 0.25) is 0 Å². The third-order valence-corrected chi connectivity index (χ3v) is 3.64. The fourth-order valence-electron chi connectivity index (χ4n) is 1.79. The van der Waals surface area contributed by atoms with E-state index in [2.05, 4.69) is 19.9 Å². The summed E-state index contributed by atoms with van der Waals surface area (Å²) >= 11 is 1.63. The molecule has 0 aliphatic rings. The Morgan fingerprint density at radius 1 is 1.10 bits per heavy atom. The Bertz CT molecular complexity index is 703. The van der Waals surface area contributed by atoms with Crippen LogP contribution in [-0.4, -0.2) is 20.7 Å². The number of benzene rings is 1. The van der Waals surface area contributed by atoms with Gasteiger partial charge in [-0.05, 0) is 31.2 Å². The van der Waals surface area contributed by atoms with Crippen molar-refractivity contribution in [2.75, 3.05) is 0 Å². The number of thiazole rings is 1. The molecule has 2 aromatic heterocycles. The van der Waals surface area contributed by atoms with Crippen molar-refractivity contribution < 1.29 is 0 Å². The monoisotopic (exact) mass is 280 g/mol. The minimum absolute atomic E-state index is 0.896. The van der Waals surface area contributed by atoms with Crippen molar-refractivity contribution in [1.29, 1.82) is 0 Å². The van der Waals surface area contributed by atoms with Gasteiger partial charge >= 0.3 is 0 Å². The minimum atomic E-state index is 0.896. The van der Waals surface area contributed by atoms with Crippen LogP contribution in [0.4, 0.5) is 5.69 Å². The number of aromatic nitrogens is 3. The Morgan fingerprint density at radius 3 is 2.50 bits per heavy atom. The number of hydrogen-bond acceptors (Lipinski definition) is 5. The second-order valence-electron chi connectivity index (χ2n) is 4.21. The highest BCUT2D eigenvalue weighted by Crippen LogP contribution is 2.24. The van der Waals surface area contributed by atoms with Crippen molar-refractivity contribution in [3.63, 3.8) is 0 Å². The summed E-state index contributed by atoms with van der Waals surface area (Å²) in [6.07, 6.45) is 6.84. The first kappa shape index (κ1) is 12.6. The van der Waals surface area contributed by atoms with Crippen LogP contribution in [0.25, 0.3) is 10.6 Å². The Labute approximate surface area is 120 Å². The Hall–Kier alpha value is -2.40. The van der Waals surface area contributed by atoms with E-state index in [0.29, 0.717) is 0 Å². The molecule has 0 saturated heterocycles. The smallest absolute Gasteiger partial charge is 0.123 e. The molecule has 4 nitrogen and oxygen atoms in total. The summed E-state index contributed by atoms with van der Waals surface area (Å²) in [5.74, 6) is 0. The molecular weight excluding hydrogens is 268 g/mol. The Balaban J connectivity index is 1.85. The van der Waals surface area contributed by atoms with Gasteiger partial charge in [-0.25, -0.2) is 15.0 Å². The second kappa shape index (κ2) is 5.71. The van der Waals surface area contributed by atoms with Crippen molar-refractivity contribution in [2.24, 2.45) is 4.99 Å². The van der Waals surface area contributed by atoms with E-state index in [1.54, 1.807) is 23.7 Å². The van der Waals surface area contributed by atoms with Gasteiger partial charge in [-0.2, -0.15) is 0 Å². The van der Waals surface area contributed by atoms with Gasteiger partial charge in [0.1, 0.15) is 11.3 Å². The van der Waals surface area contributed by atoms with Crippen LogP contribution in [0.5, 0.6) is 0 Å². The predicted molar refractivity (Wildman–Crippen MR) is 81.5 cm³/mol. The van der Waals surface area contributed by atoms with Crippen LogP contribution in [0, 0.1) is 0 Å². The van der Waals surface area contributed by atoms with Gasteiger partial charge in [-0.3, -0.25) is 4.99 Å². The number of rotatable bonds is 3. The normalized spacial score (nSPS) is 11.6. The molecule has 0 fully saturated rings. The van der Waals surface area contributed by atoms with E-state index >= 15 is 0 Å². The molecule has 5 heteroatoms. The third kappa shape index (κ3) is 2.78. The quantitative estimate of drug-likeness (QED) is 0.687. The number of nitrogens with zero attached hydrogens (tertiary/aromatic N) is 4. The van der Waals surface area contributed by atoms with E-state index in [1.807, 2.05) is 42.8 Å². The summed E-state index contributed by atoms with van der Waals surface area (Å²) in [4.78, 5) is 16.9. The summed E-state index contributed by atoms with van der Waals surface area (Å²) in [5, 5.41) is 3.00. The molecule has 0 atom stereocenters. The molecule has 3 rings (SSSR count). The average molecular weight is 280 g/mol. The van der Waals surface area contributed by atoms with Crippen LogP contribution < -0.4 is 0 Å². The highest BCUT2D eigenvalue weighted by molar-refractivity contribution is 7.13. The third-order valence-electron chi connectivity index (χ3n) is 2.82. The molecule has 0 unspecified atom stereocenters. The molecule has 98 valence electrons. The van der Waals surface area contributed by atoms with E-state index in [0.717, 1.165) is 27.5 Å². The molecule has 2 heterocycles. The lowest BCUT2D eigenvalue weighted by molar-refractivity contribution is 1.16. The number of hydrogen-bond donors (Lipinski definition) is 0. The maximum absolute atomic E-state index is 4.57. The van der Waals surface area contributed by atoms with Gasteiger partial charge in [-0.15, -0.1) is 11.3 Å². The molecule has 0 bridgehead atoms. The van der Waals surface area contributed by atoms with Crippen molar-refractivity contribution in [3.8, 4) is 10.6 Å². The van der Waals surface area contributed by atoms with Crippen LogP contribution in [0.3, 0.4) is 0 Å². The van der Waals surface area contributed by atoms with Gasteiger partial charge in [-0.1, -0.05) is 0 Å². The molecule has 20 heavy (non-hydrogen) atoms. The van der Waals surface area contributed by atoms with E-state index in [4.69, 9.17) is 0 Å². The van der Waals surface area contributed by atoms with Crippen molar-refractivity contribution in [3.05, 3.63) is 60.1 Å². The fourth-order valence-corrected chi connectivity index (χ4v) is 2.43. The largest absolute Gasteiger partial charge is 0.253 e. The van der Waals surface area contributed by atoms with Crippen LogP contribution in [0.1, 0.15) is 12.5 Å². The van der Waals surface area contributed by atoms with E-state index in [-0.39, 0.29) is 0 Å². The summed E-state index contributed by atoms with van der Waals surface area (Å²) in [7, 11) is 0. The molecule has 0 N–H and O–H groups in total. The number of aliphatic imine (C=N–C) groups is 1. The van der Waals surface area contributed by atoms with Gasteiger partial charge in [0.25, 0.3) is 0 Å². The SMILES string of the molecule is C/C(=N\c1ccc(-c2nccs2)cc1)c1cncnc1. The lowest BCUT2D eigenvalue weighted by Gasteiger charge is -2.01. The average Bonchev–Trinajstić information content (AvgIpc) is 3.03. The zero-order chi connectivity index (χ0) is 13.8. The lowest BCUT2D eigenvalue weighted by Crippen LogP contribution is -1.95. The van der Waals surface area contributed by atoms with Gasteiger partial charge in [0.2, 0.25) is 0 Å². The molecule has 0 amide bonds. The van der Waals surface area contributed by atoms with Crippen LogP contribution in [0.15, 0.2) is 59.6 Å². The van der Waals surface area contributed by atoms with Gasteiger partial charge < -0.3 is 0 Å². The molecule has 3 aromatic rings. The van der Waals surface area contributed by atoms with E-state index in [1.165, 1.54) is 6.33 Å². The molecule has 0 spiro atoms. The topological polar surface area (TPSA) is 51.0 Å². The maximum atomic E-state index is 4.57. The van der Waals surface area contributed by atoms with Crippen LogP contribution >= 0.6 is 11.3 Å². The molecule has 0 radical (unpaired) electrons. The van der Waals surface area contributed by atoms with E-state index in [9.17, 15) is 0 Å². The first-order valence-electron chi connectivity index (χ1n) is 6.13. The molecule has 0 aliphatic heterocycles. The zero-order valence-corrected chi connectivity index (χ0v) is 11.7. The van der Waals surface area contributed by atoms with Crippen molar-refractivity contribution >= 4 is 22.7 Å². The second-order valence-corrected chi connectivity index (χ2v) is 5.10. The van der Waals surface area contributed by atoms with Gasteiger partial charge in [0, 0.05) is 40.8 Å². The summed E-state index contributed by atoms with van der Waals surface area (Å²) in [5.41, 5.74) is 3.84. The minimum Gasteiger partial charge on any atom is -0.253 e. The van der Waals surface area contributed by atoms with Gasteiger partial charge in [0.05, 0.1) is 5.69 Å². The Kier molecular flexibility index (Phi) is 3.60. The zero-order valence-electron chi connectivity index (χ0n) is 10.9. The molecule has 1 aromatic carbocycles. The maximum Gasteiger partial charge on any atom is 0.123 e. The van der Waals surface area contributed by atoms with E-state index < -0.39 is 0 Å². The Morgan fingerprint density at radius 2 is 1.85 bits per heavy atom. The summed E-state index contributed by atoms with van der Waals surface area (Å²) < 4.78 is 0. The highest BCUT2D eigenvalue weighted by Gasteiger charge is 2.01. The molecular formula is C15H12N4S. The highest BCUT2D eigenvalue weighted by atomic mass is 32.1. The summed E-state index contributed by atoms with van der Waals surface area (Å²) in [6, 6.07) is 8.05. The van der Waals surface area contributed by atoms with Crippen molar-refractivity contribution in [2.45, 2.75) is 6.92 Å². The molecule has 0 aliphatic carbocycles. The lowest BCUT2D eigenvalue weighted by atomic mass is 10.2. The fraction of sp³-hybridized carbons (Fsp3) is 0.0667. The molecule has 0 saturated carbocycles. The summed E-state index contributed by atoms with van der Waals surface area (Å²) in [6.45, 7) is 1.95. The van der Waals surface area contributed by atoms with Crippen LogP contribution in [-0.2, 0) is 0 Å². The van der Waals surface area contributed by atoms with Gasteiger partial charge in [0.15, 0.2) is 0 Å². The first-order valence-corrected chi connectivity index (χ1v) is 7.01. The van der Waals surface area contributed by atoms with Crippen molar-refractivity contribution in [1.82, 2.24) is 15.0 Å².